The molecule has 2 amide bonds. The molecule has 7 heteroatoms. The second-order valence-corrected chi connectivity index (χ2v) is 4.80. The van der Waals surface area contributed by atoms with E-state index in [1.807, 2.05) is 0 Å². The summed E-state index contributed by atoms with van der Waals surface area (Å²) in [6.07, 6.45) is 0. The fourth-order valence-corrected chi connectivity index (χ4v) is 1.95. The summed E-state index contributed by atoms with van der Waals surface area (Å²) in [4.78, 5) is 23.7. The SMILES string of the molecule is Cc1cc(C(=O)NNC(=O)c2cc(Cl)ccc2F)c(C)o1. The molecule has 110 valence electrons. The van der Waals surface area contributed by atoms with Crippen LogP contribution in [0.15, 0.2) is 28.7 Å². The fourth-order valence-electron chi connectivity index (χ4n) is 1.78. The van der Waals surface area contributed by atoms with Gasteiger partial charge in [0.05, 0.1) is 11.1 Å². The van der Waals surface area contributed by atoms with Crippen molar-refractivity contribution in [2.24, 2.45) is 0 Å². The molecule has 2 rings (SSSR count). The molecule has 1 aromatic carbocycles. The summed E-state index contributed by atoms with van der Waals surface area (Å²) in [5, 5.41) is 0.217. The summed E-state index contributed by atoms with van der Waals surface area (Å²) in [6, 6.07) is 5.11. The molecule has 0 bridgehead atoms. The predicted octanol–water partition coefficient (Wildman–Crippen LogP) is 2.76. The van der Waals surface area contributed by atoms with Gasteiger partial charge in [-0.25, -0.2) is 4.39 Å². The highest BCUT2D eigenvalue weighted by atomic mass is 35.5. The van der Waals surface area contributed by atoms with Crippen LogP contribution in [0.5, 0.6) is 0 Å². The Balaban J connectivity index is 2.06. The van der Waals surface area contributed by atoms with Crippen LogP contribution in [0, 0.1) is 19.7 Å². The molecule has 0 radical (unpaired) electrons. The van der Waals surface area contributed by atoms with Crippen LogP contribution in [0.25, 0.3) is 0 Å². The van der Waals surface area contributed by atoms with E-state index in [1.165, 1.54) is 18.2 Å². The number of nitrogens with one attached hydrogen (secondary N) is 2. The Labute approximate surface area is 125 Å². The average molecular weight is 311 g/mol. The zero-order chi connectivity index (χ0) is 15.6. The molecule has 0 spiro atoms. The van der Waals surface area contributed by atoms with Crippen LogP contribution in [0.4, 0.5) is 4.39 Å². The highest BCUT2D eigenvalue weighted by Crippen LogP contribution is 2.15. The van der Waals surface area contributed by atoms with Gasteiger partial charge >= 0.3 is 0 Å². The molecule has 0 atom stereocenters. The number of hydrogen-bond donors (Lipinski definition) is 2. The summed E-state index contributed by atoms with van der Waals surface area (Å²) in [5.74, 6) is -1.10. The molecular formula is C14H12ClFN2O3. The van der Waals surface area contributed by atoms with Gasteiger partial charge in [-0.3, -0.25) is 20.4 Å². The number of hydrogen-bond acceptors (Lipinski definition) is 3. The summed E-state index contributed by atoms with van der Waals surface area (Å²) in [5.41, 5.74) is 4.34. The zero-order valence-corrected chi connectivity index (χ0v) is 12.0. The van der Waals surface area contributed by atoms with E-state index in [4.69, 9.17) is 16.0 Å². The van der Waals surface area contributed by atoms with Gasteiger partial charge in [-0.05, 0) is 38.1 Å². The molecule has 5 nitrogen and oxygen atoms in total. The number of rotatable bonds is 2. The van der Waals surface area contributed by atoms with Gasteiger partial charge in [0.2, 0.25) is 0 Å². The zero-order valence-electron chi connectivity index (χ0n) is 11.3. The van der Waals surface area contributed by atoms with Crippen LogP contribution >= 0.6 is 11.6 Å². The maximum absolute atomic E-state index is 13.5. The third-order valence-electron chi connectivity index (χ3n) is 2.75. The largest absolute Gasteiger partial charge is 0.466 e. The van der Waals surface area contributed by atoms with Gasteiger partial charge in [0, 0.05) is 5.02 Å². The molecule has 0 fully saturated rings. The Morgan fingerprint density at radius 3 is 2.29 bits per heavy atom. The minimum Gasteiger partial charge on any atom is -0.466 e. The minimum absolute atomic E-state index is 0.217. The molecule has 1 aromatic heterocycles. The normalized spacial score (nSPS) is 10.3. The van der Waals surface area contributed by atoms with E-state index in [-0.39, 0.29) is 10.6 Å². The first-order valence-corrected chi connectivity index (χ1v) is 6.39. The Hall–Kier alpha value is -2.34. The van der Waals surface area contributed by atoms with E-state index < -0.39 is 17.6 Å². The van der Waals surface area contributed by atoms with Crippen molar-refractivity contribution in [3.63, 3.8) is 0 Å². The lowest BCUT2D eigenvalue weighted by Gasteiger charge is -2.07. The van der Waals surface area contributed by atoms with Crippen molar-refractivity contribution < 1.29 is 18.4 Å². The molecule has 0 aliphatic carbocycles. The first kappa shape index (κ1) is 15.1. The molecule has 2 aromatic rings. The van der Waals surface area contributed by atoms with Crippen LogP contribution in [-0.4, -0.2) is 11.8 Å². The first-order chi connectivity index (χ1) is 9.88. The summed E-state index contributed by atoms with van der Waals surface area (Å²) >= 11 is 5.70. The standard InChI is InChI=1S/C14H12ClFN2O3/c1-7-5-10(8(2)21-7)13(19)17-18-14(20)11-6-9(15)3-4-12(11)16/h3-6H,1-2H3,(H,17,19)(H,18,20). The van der Waals surface area contributed by atoms with Crippen LogP contribution in [0.1, 0.15) is 32.2 Å². The van der Waals surface area contributed by atoms with Crippen molar-refractivity contribution in [3.05, 3.63) is 57.8 Å². The predicted molar refractivity (Wildman–Crippen MR) is 74.5 cm³/mol. The highest BCUT2D eigenvalue weighted by Gasteiger charge is 2.16. The van der Waals surface area contributed by atoms with Crippen molar-refractivity contribution in [3.8, 4) is 0 Å². The van der Waals surface area contributed by atoms with Crippen molar-refractivity contribution >= 4 is 23.4 Å². The maximum atomic E-state index is 13.5. The molecular weight excluding hydrogens is 299 g/mol. The van der Waals surface area contributed by atoms with E-state index in [9.17, 15) is 14.0 Å². The summed E-state index contributed by atoms with van der Waals surface area (Å²) in [6.45, 7) is 3.32. The Morgan fingerprint density at radius 1 is 1.10 bits per heavy atom. The van der Waals surface area contributed by atoms with Gasteiger partial charge in [-0.1, -0.05) is 11.6 Å². The van der Waals surface area contributed by atoms with Gasteiger partial charge in [-0.15, -0.1) is 0 Å². The second-order valence-electron chi connectivity index (χ2n) is 4.36. The molecule has 2 N–H and O–H groups in total. The lowest BCUT2D eigenvalue weighted by Crippen LogP contribution is -2.42. The molecule has 0 aliphatic rings. The second kappa shape index (κ2) is 5.97. The van der Waals surface area contributed by atoms with E-state index in [0.717, 1.165) is 6.07 Å². The van der Waals surface area contributed by atoms with Crippen molar-refractivity contribution in [1.82, 2.24) is 10.9 Å². The fraction of sp³-hybridized carbons (Fsp3) is 0.143. The van der Waals surface area contributed by atoms with Crippen molar-refractivity contribution in [2.45, 2.75) is 13.8 Å². The maximum Gasteiger partial charge on any atom is 0.273 e. The first-order valence-electron chi connectivity index (χ1n) is 6.01. The van der Waals surface area contributed by atoms with Crippen molar-refractivity contribution in [1.29, 1.82) is 0 Å². The lowest BCUT2D eigenvalue weighted by molar-refractivity contribution is 0.0843. The molecule has 0 unspecified atom stereocenters. The number of hydrazine groups is 1. The number of furan rings is 1. The van der Waals surface area contributed by atoms with Crippen LogP contribution in [0.3, 0.4) is 0 Å². The van der Waals surface area contributed by atoms with Gasteiger partial charge in [0.1, 0.15) is 17.3 Å². The average Bonchev–Trinajstić information content (AvgIpc) is 2.77. The Morgan fingerprint density at radius 2 is 1.71 bits per heavy atom. The van der Waals surface area contributed by atoms with Crippen molar-refractivity contribution in [2.75, 3.05) is 0 Å². The van der Waals surface area contributed by atoms with E-state index in [0.29, 0.717) is 17.1 Å². The minimum atomic E-state index is -0.804. The van der Waals surface area contributed by atoms with E-state index in [1.54, 1.807) is 13.8 Å². The van der Waals surface area contributed by atoms with Gasteiger partial charge < -0.3 is 4.42 Å². The number of halogens is 2. The third-order valence-corrected chi connectivity index (χ3v) is 2.98. The Bertz CT molecular complexity index is 712. The molecule has 1 heterocycles. The van der Waals surface area contributed by atoms with Gasteiger partial charge in [0.15, 0.2) is 0 Å². The highest BCUT2D eigenvalue weighted by molar-refractivity contribution is 6.31. The Kier molecular flexibility index (Phi) is 4.28. The monoisotopic (exact) mass is 310 g/mol. The number of aryl methyl sites for hydroxylation is 2. The van der Waals surface area contributed by atoms with Crippen LogP contribution in [-0.2, 0) is 0 Å². The molecule has 0 saturated heterocycles. The summed E-state index contributed by atoms with van der Waals surface area (Å²) < 4.78 is 18.7. The molecule has 0 saturated carbocycles. The van der Waals surface area contributed by atoms with Gasteiger partial charge in [-0.2, -0.15) is 0 Å². The molecule has 21 heavy (non-hydrogen) atoms. The third kappa shape index (κ3) is 3.41. The van der Waals surface area contributed by atoms with E-state index in [2.05, 4.69) is 10.9 Å². The summed E-state index contributed by atoms with van der Waals surface area (Å²) in [7, 11) is 0. The number of carbonyl (C=O) groups is 2. The topological polar surface area (TPSA) is 71.3 Å². The smallest absolute Gasteiger partial charge is 0.273 e. The molecule has 0 aliphatic heterocycles. The number of amides is 2. The quantitative estimate of drug-likeness (QED) is 0.838. The lowest BCUT2D eigenvalue weighted by atomic mass is 10.2. The van der Waals surface area contributed by atoms with Crippen LogP contribution < -0.4 is 10.9 Å². The van der Waals surface area contributed by atoms with Crippen LogP contribution in [0.2, 0.25) is 5.02 Å². The number of carbonyl (C=O) groups excluding carboxylic acids is 2. The number of benzene rings is 1. The van der Waals surface area contributed by atoms with E-state index >= 15 is 0 Å². The van der Waals surface area contributed by atoms with Gasteiger partial charge in [0.25, 0.3) is 11.8 Å².